The zero-order chi connectivity index (χ0) is 14.8. The Hall–Kier alpha value is -2.27. The molecule has 6 heteroatoms. The zero-order valence-electron chi connectivity index (χ0n) is 11.3. The summed E-state index contributed by atoms with van der Waals surface area (Å²) in [5.41, 5.74) is 2.63. The van der Waals surface area contributed by atoms with E-state index in [2.05, 4.69) is 22.6 Å². The molecule has 0 atom stereocenters. The highest BCUT2D eigenvalue weighted by Crippen LogP contribution is 2.32. The lowest BCUT2D eigenvalue weighted by atomic mass is 10.1. The maximum Gasteiger partial charge on any atom is 0.273 e. The molecule has 1 amide bonds. The Kier molecular flexibility index (Phi) is 3.66. The third-order valence-electron chi connectivity index (χ3n) is 3.59. The second-order valence-corrected chi connectivity index (χ2v) is 5.28. The highest BCUT2D eigenvalue weighted by molar-refractivity contribution is 6.36. The van der Waals surface area contributed by atoms with Gasteiger partial charge in [0, 0.05) is 11.9 Å². The van der Waals surface area contributed by atoms with Crippen molar-refractivity contribution in [3.05, 3.63) is 40.6 Å². The second kappa shape index (κ2) is 5.61. The van der Waals surface area contributed by atoms with Gasteiger partial charge in [-0.25, -0.2) is 0 Å². The number of rotatable bonds is 2. The number of nitrogens with one attached hydrogen (secondary N) is 1. The van der Waals surface area contributed by atoms with E-state index in [1.54, 1.807) is 0 Å². The summed E-state index contributed by atoms with van der Waals surface area (Å²) >= 11 is 6.28. The van der Waals surface area contributed by atoms with Gasteiger partial charge in [-0.15, -0.1) is 0 Å². The highest BCUT2D eigenvalue weighted by atomic mass is 35.5. The first kappa shape index (κ1) is 13.7. The maximum atomic E-state index is 12.3. The van der Waals surface area contributed by atoms with E-state index in [-0.39, 0.29) is 5.91 Å². The van der Waals surface area contributed by atoms with Gasteiger partial charge in [0.25, 0.3) is 5.91 Å². The van der Waals surface area contributed by atoms with E-state index in [0.29, 0.717) is 10.7 Å². The molecule has 0 saturated heterocycles. The van der Waals surface area contributed by atoms with E-state index in [0.717, 1.165) is 35.9 Å². The molecule has 0 spiro atoms. The van der Waals surface area contributed by atoms with Crippen molar-refractivity contribution >= 4 is 40.8 Å². The Morgan fingerprint density at radius 2 is 2.33 bits per heavy atom. The fourth-order valence-corrected chi connectivity index (χ4v) is 2.88. The summed E-state index contributed by atoms with van der Waals surface area (Å²) in [7, 11) is 0. The number of benzene rings is 1. The Morgan fingerprint density at radius 1 is 1.48 bits per heavy atom. The summed E-state index contributed by atoms with van der Waals surface area (Å²) in [6.07, 6.45) is 7.36. The van der Waals surface area contributed by atoms with Gasteiger partial charge in [0.2, 0.25) is 0 Å². The van der Waals surface area contributed by atoms with Crippen LogP contribution >= 0.6 is 11.6 Å². The summed E-state index contributed by atoms with van der Waals surface area (Å²) in [4.78, 5) is 12.3. The SMILES string of the molecule is NN=CNC(=O)c1cc2c(Cl)ccc3c2n1CCC/C=C\3. The van der Waals surface area contributed by atoms with Gasteiger partial charge in [0.1, 0.15) is 12.0 Å². The molecule has 0 saturated carbocycles. The Labute approximate surface area is 127 Å². The van der Waals surface area contributed by atoms with Crippen molar-refractivity contribution in [2.24, 2.45) is 10.9 Å². The molecule has 0 unspecified atom stereocenters. The molecule has 108 valence electrons. The molecule has 1 aromatic heterocycles. The number of nitrogens with zero attached hydrogens (tertiary/aromatic N) is 2. The van der Waals surface area contributed by atoms with Crippen molar-refractivity contribution in [1.29, 1.82) is 0 Å². The monoisotopic (exact) mass is 302 g/mol. The van der Waals surface area contributed by atoms with Crippen LogP contribution in [0.25, 0.3) is 17.0 Å². The highest BCUT2D eigenvalue weighted by Gasteiger charge is 2.19. The number of hydrogen-bond donors (Lipinski definition) is 2. The predicted octanol–water partition coefficient (Wildman–Crippen LogP) is 2.73. The Morgan fingerprint density at radius 3 is 3.14 bits per heavy atom. The van der Waals surface area contributed by atoms with Crippen molar-refractivity contribution in [2.45, 2.75) is 19.4 Å². The summed E-state index contributed by atoms with van der Waals surface area (Å²) < 4.78 is 2.01. The number of hydrazone groups is 1. The summed E-state index contributed by atoms with van der Waals surface area (Å²) in [5, 5.41) is 7.36. The Balaban J connectivity index is 2.23. The fourth-order valence-electron chi connectivity index (χ4n) is 2.68. The van der Waals surface area contributed by atoms with Gasteiger partial charge >= 0.3 is 0 Å². The van der Waals surface area contributed by atoms with E-state index in [9.17, 15) is 4.79 Å². The smallest absolute Gasteiger partial charge is 0.273 e. The first-order valence-corrected chi connectivity index (χ1v) is 7.11. The first-order chi connectivity index (χ1) is 10.2. The molecule has 3 N–H and O–H groups in total. The molecule has 0 aliphatic carbocycles. The molecule has 3 rings (SSSR count). The van der Waals surface area contributed by atoms with Gasteiger partial charge in [0.15, 0.2) is 0 Å². The van der Waals surface area contributed by atoms with Crippen molar-refractivity contribution in [3.63, 3.8) is 0 Å². The molecule has 0 fully saturated rings. The minimum atomic E-state index is -0.244. The van der Waals surface area contributed by atoms with Crippen molar-refractivity contribution in [2.75, 3.05) is 0 Å². The van der Waals surface area contributed by atoms with Gasteiger partial charge < -0.3 is 15.7 Å². The quantitative estimate of drug-likeness (QED) is 0.387. The molecular formula is C15H15ClN4O. The molecule has 21 heavy (non-hydrogen) atoms. The zero-order valence-corrected chi connectivity index (χ0v) is 12.1. The summed E-state index contributed by atoms with van der Waals surface area (Å²) in [5.74, 6) is 4.78. The number of allylic oxidation sites excluding steroid dienone is 1. The number of halogens is 1. The normalized spacial score (nSPS) is 15.9. The van der Waals surface area contributed by atoms with E-state index >= 15 is 0 Å². The summed E-state index contributed by atoms with van der Waals surface area (Å²) in [6, 6.07) is 5.66. The molecule has 2 heterocycles. The van der Waals surface area contributed by atoms with Gasteiger partial charge in [0.05, 0.1) is 10.5 Å². The van der Waals surface area contributed by atoms with E-state index in [4.69, 9.17) is 17.4 Å². The molecule has 5 nitrogen and oxygen atoms in total. The van der Waals surface area contributed by atoms with Gasteiger partial charge in [-0.1, -0.05) is 29.8 Å². The lowest BCUT2D eigenvalue weighted by Crippen LogP contribution is -2.25. The predicted molar refractivity (Wildman–Crippen MR) is 85.4 cm³/mol. The molecule has 2 aromatic rings. The number of carbonyl (C=O) groups is 1. The van der Waals surface area contributed by atoms with Crippen LogP contribution in [0.5, 0.6) is 0 Å². The number of hydrogen-bond acceptors (Lipinski definition) is 3. The standard InChI is InChI=1S/C15H15ClN4O/c16-12-6-5-10-4-2-1-3-7-20-13(8-11(12)14(10)20)15(21)18-9-19-17/h2,4-6,8-9H,1,3,7,17H2,(H,18,19,21)/b4-2-. The van der Waals surface area contributed by atoms with Crippen LogP contribution in [0.4, 0.5) is 0 Å². The largest absolute Gasteiger partial charge is 0.336 e. The van der Waals surface area contributed by atoms with E-state index in [1.807, 2.05) is 22.8 Å². The van der Waals surface area contributed by atoms with Gasteiger partial charge in [-0.2, -0.15) is 5.10 Å². The van der Waals surface area contributed by atoms with Crippen LogP contribution in [-0.4, -0.2) is 16.8 Å². The minimum absolute atomic E-state index is 0.244. The number of aryl methyl sites for hydroxylation is 1. The van der Waals surface area contributed by atoms with Crippen molar-refractivity contribution in [3.8, 4) is 0 Å². The fraction of sp³-hybridized carbons (Fsp3) is 0.200. The van der Waals surface area contributed by atoms with Crippen molar-refractivity contribution in [1.82, 2.24) is 9.88 Å². The third-order valence-corrected chi connectivity index (χ3v) is 3.92. The molecule has 1 aliphatic rings. The minimum Gasteiger partial charge on any atom is -0.336 e. The molecular weight excluding hydrogens is 288 g/mol. The third kappa shape index (κ3) is 2.40. The van der Waals surface area contributed by atoms with E-state index in [1.165, 1.54) is 6.34 Å². The molecule has 0 radical (unpaired) electrons. The average Bonchev–Trinajstić information content (AvgIpc) is 2.84. The molecule has 0 bridgehead atoms. The average molecular weight is 303 g/mol. The lowest BCUT2D eigenvalue weighted by Gasteiger charge is -2.13. The van der Waals surface area contributed by atoms with Gasteiger partial charge in [-0.3, -0.25) is 4.79 Å². The number of aromatic nitrogens is 1. The lowest BCUT2D eigenvalue weighted by molar-refractivity contribution is 0.0969. The first-order valence-electron chi connectivity index (χ1n) is 6.73. The van der Waals surface area contributed by atoms with Gasteiger partial charge in [-0.05, 0) is 30.5 Å². The van der Waals surface area contributed by atoms with Crippen LogP contribution in [-0.2, 0) is 6.54 Å². The Bertz CT molecular complexity index is 761. The van der Waals surface area contributed by atoms with Crippen LogP contribution in [0, 0.1) is 0 Å². The van der Waals surface area contributed by atoms with Crippen LogP contribution in [0.3, 0.4) is 0 Å². The summed E-state index contributed by atoms with van der Waals surface area (Å²) in [6.45, 7) is 0.768. The number of amides is 1. The van der Waals surface area contributed by atoms with Crippen molar-refractivity contribution < 1.29 is 4.79 Å². The second-order valence-electron chi connectivity index (χ2n) is 4.88. The van der Waals surface area contributed by atoms with Crippen LogP contribution < -0.4 is 11.2 Å². The van der Waals surface area contributed by atoms with E-state index < -0.39 is 0 Å². The topological polar surface area (TPSA) is 72.4 Å². The van der Waals surface area contributed by atoms with Crippen LogP contribution in [0.2, 0.25) is 5.02 Å². The molecule has 1 aliphatic heterocycles. The molecule has 1 aromatic carbocycles. The van der Waals surface area contributed by atoms with Crippen LogP contribution in [0.1, 0.15) is 28.9 Å². The number of nitrogens with two attached hydrogens (primary N) is 1. The maximum absolute atomic E-state index is 12.3. The van der Waals surface area contributed by atoms with Crippen LogP contribution in [0.15, 0.2) is 29.4 Å². The number of carbonyl (C=O) groups excluding carboxylic acids is 1.